The van der Waals surface area contributed by atoms with Crippen molar-refractivity contribution in [3.05, 3.63) is 75.7 Å². The van der Waals surface area contributed by atoms with E-state index in [1.165, 1.54) is 0 Å². The Morgan fingerprint density at radius 3 is 1.85 bits per heavy atom. The maximum absolute atomic E-state index is 10.6. The van der Waals surface area contributed by atoms with Crippen LogP contribution in [0.15, 0.2) is 60.7 Å². The minimum Gasteiger partial charge on any atom is -0.389 e. The van der Waals surface area contributed by atoms with Crippen LogP contribution in [-0.4, -0.2) is 22.3 Å². The summed E-state index contributed by atoms with van der Waals surface area (Å²) in [6.07, 6.45) is -0.578. The van der Waals surface area contributed by atoms with Gasteiger partial charge in [-0.1, -0.05) is 34.8 Å². The number of halogens is 3. The van der Waals surface area contributed by atoms with Crippen LogP contribution in [0.1, 0.15) is 0 Å². The number of nitrogens with one attached hydrogen (secondary N) is 1. The second kappa shape index (κ2) is 7.61. The van der Waals surface area contributed by atoms with Gasteiger partial charge in [-0.15, -0.1) is 0 Å². The smallest absolute Gasteiger partial charge is 0.0891 e. The summed E-state index contributed by atoms with van der Waals surface area (Å²) in [7, 11) is 0. The van der Waals surface area contributed by atoms with E-state index < -0.39 is 6.10 Å². The zero-order chi connectivity index (χ0) is 19.0. The van der Waals surface area contributed by atoms with Gasteiger partial charge in [-0.3, -0.25) is 0 Å². The van der Waals surface area contributed by atoms with Gasteiger partial charge in [-0.25, -0.2) is 0 Å². The molecule has 1 aromatic heterocycles. The number of rotatable bonds is 5. The average molecular weight is 420 g/mol. The topological polar surface area (TPSA) is 37.2 Å². The lowest BCUT2D eigenvalue weighted by Crippen LogP contribution is -2.24. The van der Waals surface area contributed by atoms with Crippen molar-refractivity contribution in [1.29, 1.82) is 0 Å². The van der Waals surface area contributed by atoms with Gasteiger partial charge in [0.2, 0.25) is 0 Å². The second-order valence-electron chi connectivity index (χ2n) is 6.48. The van der Waals surface area contributed by atoms with Crippen molar-refractivity contribution >= 4 is 62.3 Å². The molecule has 4 aromatic rings. The van der Waals surface area contributed by atoms with Crippen LogP contribution < -0.4 is 5.32 Å². The molecule has 0 aliphatic carbocycles. The molecule has 1 atom stereocenters. The third kappa shape index (κ3) is 3.87. The zero-order valence-electron chi connectivity index (χ0n) is 14.3. The third-order valence-corrected chi connectivity index (χ3v) is 5.29. The Morgan fingerprint density at radius 1 is 0.778 bits per heavy atom. The largest absolute Gasteiger partial charge is 0.389 e. The van der Waals surface area contributed by atoms with Crippen LogP contribution in [0.5, 0.6) is 0 Å². The average Bonchev–Trinajstić information content (AvgIpc) is 2.94. The normalized spacial score (nSPS) is 12.6. The first-order valence-corrected chi connectivity index (χ1v) is 9.69. The van der Waals surface area contributed by atoms with Gasteiger partial charge in [-0.05, 0) is 60.7 Å². The van der Waals surface area contributed by atoms with E-state index in [-0.39, 0.29) is 0 Å². The number of aliphatic hydroxyl groups is 1. The van der Waals surface area contributed by atoms with Gasteiger partial charge < -0.3 is 15.0 Å². The van der Waals surface area contributed by atoms with Crippen molar-refractivity contribution in [2.45, 2.75) is 12.6 Å². The van der Waals surface area contributed by atoms with E-state index in [0.29, 0.717) is 28.2 Å². The SMILES string of the molecule is O[C@@H](CNc1ccc(Cl)cc1)Cn1c2ccc(Cl)cc2c2cc(Cl)ccc21. The van der Waals surface area contributed by atoms with Crippen LogP contribution in [-0.2, 0) is 6.54 Å². The van der Waals surface area contributed by atoms with Crippen molar-refractivity contribution in [3.8, 4) is 0 Å². The minimum atomic E-state index is -0.578. The fraction of sp³-hybridized carbons (Fsp3) is 0.143. The van der Waals surface area contributed by atoms with Gasteiger partial charge in [0.25, 0.3) is 0 Å². The molecule has 0 spiro atoms. The lowest BCUT2D eigenvalue weighted by molar-refractivity contribution is 0.169. The van der Waals surface area contributed by atoms with Crippen molar-refractivity contribution in [2.75, 3.05) is 11.9 Å². The maximum Gasteiger partial charge on any atom is 0.0891 e. The first-order chi connectivity index (χ1) is 13.0. The number of hydrogen-bond acceptors (Lipinski definition) is 2. The molecule has 4 rings (SSSR count). The quantitative estimate of drug-likeness (QED) is 0.402. The first-order valence-electron chi connectivity index (χ1n) is 8.56. The number of aliphatic hydroxyl groups excluding tert-OH is 1. The number of hydrogen-bond donors (Lipinski definition) is 2. The van der Waals surface area contributed by atoms with Crippen LogP contribution >= 0.6 is 34.8 Å². The molecule has 6 heteroatoms. The molecule has 0 bridgehead atoms. The summed E-state index contributed by atoms with van der Waals surface area (Å²) >= 11 is 18.3. The number of aromatic nitrogens is 1. The maximum atomic E-state index is 10.6. The summed E-state index contributed by atoms with van der Waals surface area (Å²) < 4.78 is 2.10. The van der Waals surface area contributed by atoms with Crippen LogP contribution in [0.25, 0.3) is 21.8 Å². The van der Waals surface area contributed by atoms with Crippen molar-refractivity contribution < 1.29 is 5.11 Å². The van der Waals surface area contributed by atoms with Crippen molar-refractivity contribution in [3.63, 3.8) is 0 Å². The predicted molar refractivity (Wildman–Crippen MR) is 115 cm³/mol. The molecular weight excluding hydrogens is 403 g/mol. The molecule has 138 valence electrons. The Bertz CT molecular complexity index is 1050. The highest BCUT2D eigenvalue weighted by Gasteiger charge is 2.14. The lowest BCUT2D eigenvalue weighted by atomic mass is 10.1. The van der Waals surface area contributed by atoms with Gasteiger partial charge >= 0.3 is 0 Å². The zero-order valence-corrected chi connectivity index (χ0v) is 16.6. The summed E-state index contributed by atoms with van der Waals surface area (Å²) in [6, 6.07) is 19.0. The van der Waals surface area contributed by atoms with Gasteiger partial charge in [0.1, 0.15) is 0 Å². The molecule has 0 amide bonds. The molecule has 0 unspecified atom stereocenters. The van der Waals surface area contributed by atoms with E-state index in [4.69, 9.17) is 34.8 Å². The van der Waals surface area contributed by atoms with Gasteiger partial charge in [-0.2, -0.15) is 0 Å². The van der Waals surface area contributed by atoms with Crippen LogP contribution in [0.2, 0.25) is 15.1 Å². The van der Waals surface area contributed by atoms with E-state index in [1.54, 1.807) is 0 Å². The Hall–Kier alpha value is -1.91. The summed E-state index contributed by atoms with van der Waals surface area (Å²) in [6.45, 7) is 0.869. The number of anilines is 1. The number of nitrogens with zero attached hydrogens (tertiary/aromatic N) is 1. The summed E-state index contributed by atoms with van der Waals surface area (Å²) in [5, 5.41) is 17.9. The molecule has 1 heterocycles. The Morgan fingerprint density at radius 2 is 1.30 bits per heavy atom. The molecule has 0 radical (unpaired) electrons. The fourth-order valence-electron chi connectivity index (χ4n) is 3.32. The Labute approximate surface area is 172 Å². The van der Waals surface area contributed by atoms with E-state index in [2.05, 4.69) is 9.88 Å². The molecule has 0 aliphatic rings. The van der Waals surface area contributed by atoms with Gasteiger partial charge in [0.05, 0.1) is 12.6 Å². The number of benzene rings is 3. The predicted octanol–water partition coefficient (Wildman–Crippen LogP) is 6.23. The Balaban J connectivity index is 1.63. The van der Waals surface area contributed by atoms with Gasteiger partial charge in [0.15, 0.2) is 0 Å². The molecular formula is C21H17Cl3N2O. The standard InChI is InChI=1S/C21H17Cl3N2O/c22-13-1-5-16(6-2-13)25-11-17(27)12-26-20-7-3-14(23)9-18(20)19-10-15(24)4-8-21(19)26/h1-10,17,25,27H,11-12H2/t17-/m0/s1. The molecule has 2 N–H and O–H groups in total. The molecule has 3 nitrogen and oxygen atoms in total. The van der Waals surface area contributed by atoms with Crippen molar-refractivity contribution in [2.24, 2.45) is 0 Å². The molecule has 0 saturated heterocycles. The summed E-state index contributed by atoms with van der Waals surface area (Å²) in [5.74, 6) is 0. The van der Waals surface area contributed by atoms with E-state index in [9.17, 15) is 5.11 Å². The monoisotopic (exact) mass is 418 g/mol. The second-order valence-corrected chi connectivity index (χ2v) is 7.78. The highest BCUT2D eigenvalue weighted by molar-refractivity contribution is 6.33. The molecule has 0 fully saturated rings. The lowest BCUT2D eigenvalue weighted by Gasteiger charge is -2.15. The molecule has 27 heavy (non-hydrogen) atoms. The molecule has 3 aromatic carbocycles. The van der Waals surface area contributed by atoms with Crippen LogP contribution in [0.3, 0.4) is 0 Å². The highest BCUT2D eigenvalue weighted by Crippen LogP contribution is 2.33. The molecule has 0 aliphatic heterocycles. The van der Waals surface area contributed by atoms with E-state index in [0.717, 1.165) is 27.5 Å². The van der Waals surface area contributed by atoms with Crippen LogP contribution in [0.4, 0.5) is 5.69 Å². The summed E-state index contributed by atoms with van der Waals surface area (Å²) in [4.78, 5) is 0. The Kier molecular flexibility index (Phi) is 5.20. The summed E-state index contributed by atoms with van der Waals surface area (Å²) in [5.41, 5.74) is 2.95. The highest BCUT2D eigenvalue weighted by atomic mass is 35.5. The minimum absolute atomic E-state index is 0.421. The van der Waals surface area contributed by atoms with E-state index in [1.807, 2.05) is 60.7 Å². The van der Waals surface area contributed by atoms with Crippen molar-refractivity contribution in [1.82, 2.24) is 4.57 Å². The number of fused-ring (bicyclic) bond motifs is 3. The first kappa shape index (κ1) is 18.5. The fourth-order valence-corrected chi connectivity index (χ4v) is 3.79. The van der Waals surface area contributed by atoms with Crippen LogP contribution in [0, 0.1) is 0 Å². The molecule has 0 saturated carbocycles. The van der Waals surface area contributed by atoms with E-state index >= 15 is 0 Å². The van der Waals surface area contributed by atoms with Gasteiger partial charge in [0, 0.05) is 49.1 Å². The third-order valence-electron chi connectivity index (χ3n) is 4.57.